The number of aryl methyl sites for hydroxylation is 4. The number of hydrogen-bond acceptors (Lipinski definition) is 4. The second-order valence-electron chi connectivity index (χ2n) is 10.9. The van der Waals surface area contributed by atoms with Gasteiger partial charge in [0.25, 0.3) is 0 Å². The smallest absolute Gasteiger partial charge is 0.134 e. The monoisotopic (exact) mass is 506 g/mol. The first-order valence-corrected chi connectivity index (χ1v) is 13.6. The van der Waals surface area contributed by atoms with Gasteiger partial charge in [-0.25, -0.2) is 0 Å². The van der Waals surface area contributed by atoms with Gasteiger partial charge < -0.3 is 20.9 Å². The molecule has 4 nitrogen and oxygen atoms in total. The van der Waals surface area contributed by atoms with E-state index in [4.69, 9.17) is 20.9 Å². The first-order chi connectivity index (χ1) is 18.2. The molecule has 38 heavy (non-hydrogen) atoms. The fourth-order valence-corrected chi connectivity index (χ4v) is 6.04. The molecule has 1 aliphatic carbocycles. The highest BCUT2D eigenvalue weighted by molar-refractivity contribution is 5.60. The lowest BCUT2D eigenvalue weighted by Gasteiger charge is -2.41. The molecule has 0 radical (unpaired) electrons. The van der Waals surface area contributed by atoms with E-state index in [-0.39, 0.29) is 5.41 Å². The molecule has 4 heteroatoms. The molecule has 4 aromatic rings. The molecule has 196 valence electrons. The molecule has 0 heterocycles. The summed E-state index contributed by atoms with van der Waals surface area (Å²) in [6.07, 6.45) is 5.62. The maximum atomic E-state index is 6.67. The van der Waals surface area contributed by atoms with Crippen LogP contribution in [0.15, 0.2) is 72.8 Å². The van der Waals surface area contributed by atoms with Crippen LogP contribution < -0.4 is 20.9 Å². The van der Waals surface area contributed by atoms with Gasteiger partial charge in [-0.15, -0.1) is 0 Å². The Morgan fingerprint density at radius 3 is 1.34 bits per heavy atom. The van der Waals surface area contributed by atoms with Crippen LogP contribution in [0.4, 0.5) is 11.4 Å². The highest BCUT2D eigenvalue weighted by Crippen LogP contribution is 2.53. The molecule has 1 aliphatic rings. The standard InChI is InChI=1S/C34H38N2O2/c1-22-18-24(3)32(37-28-12-8-26(35)9-13-28)30(20-22)34(16-6-5-7-17-34)31-21-23(2)19-25(4)33(31)38-29-14-10-27(36)11-15-29/h8-15,18-21H,5-7,16-17,35-36H2,1-4H3. The van der Waals surface area contributed by atoms with E-state index in [0.29, 0.717) is 0 Å². The highest BCUT2D eigenvalue weighted by atomic mass is 16.5. The van der Waals surface area contributed by atoms with E-state index in [1.54, 1.807) is 0 Å². The van der Waals surface area contributed by atoms with Crippen molar-refractivity contribution in [1.82, 2.24) is 0 Å². The second-order valence-corrected chi connectivity index (χ2v) is 10.9. The molecule has 0 amide bonds. The maximum absolute atomic E-state index is 6.67. The highest BCUT2D eigenvalue weighted by Gasteiger charge is 2.41. The minimum Gasteiger partial charge on any atom is -0.457 e. The van der Waals surface area contributed by atoms with Crippen molar-refractivity contribution in [2.75, 3.05) is 11.5 Å². The van der Waals surface area contributed by atoms with E-state index in [2.05, 4.69) is 52.0 Å². The summed E-state index contributed by atoms with van der Waals surface area (Å²) < 4.78 is 13.3. The van der Waals surface area contributed by atoms with Gasteiger partial charge in [-0.3, -0.25) is 0 Å². The topological polar surface area (TPSA) is 70.5 Å². The molecule has 0 aliphatic heterocycles. The average Bonchev–Trinajstić information content (AvgIpc) is 2.89. The zero-order chi connectivity index (χ0) is 26.9. The molecule has 0 spiro atoms. The van der Waals surface area contributed by atoms with E-state index in [0.717, 1.165) is 71.2 Å². The minimum atomic E-state index is -0.238. The third-order valence-corrected chi connectivity index (χ3v) is 7.78. The van der Waals surface area contributed by atoms with Crippen molar-refractivity contribution in [2.24, 2.45) is 0 Å². The van der Waals surface area contributed by atoms with E-state index < -0.39 is 0 Å². The Hall–Kier alpha value is -3.92. The number of nitrogens with two attached hydrogens (primary N) is 2. The van der Waals surface area contributed by atoms with E-state index >= 15 is 0 Å². The summed E-state index contributed by atoms with van der Waals surface area (Å²) in [4.78, 5) is 0. The van der Waals surface area contributed by atoms with Gasteiger partial charge in [-0.2, -0.15) is 0 Å². The Labute approximate surface area is 226 Å². The molecule has 1 fully saturated rings. The van der Waals surface area contributed by atoms with Gasteiger partial charge in [0.2, 0.25) is 0 Å². The normalized spacial score (nSPS) is 14.7. The SMILES string of the molecule is Cc1cc(C)c(Oc2ccc(N)cc2)c(C2(c3cc(C)cc(C)c3Oc3ccc(N)cc3)CCCCC2)c1. The first kappa shape index (κ1) is 25.7. The summed E-state index contributed by atoms with van der Waals surface area (Å²) in [7, 11) is 0. The summed E-state index contributed by atoms with van der Waals surface area (Å²) in [5.41, 5.74) is 20.3. The van der Waals surface area contributed by atoms with Crippen LogP contribution in [0.5, 0.6) is 23.0 Å². The van der Waals surface area contributed by atoms with Gasteiger partial charge in [0, 0.05) is 27.9 Å². The molecule has 0 unspecified atom stereocenters. The van der Waals surface area contributed by atoms with Gasteiger partial charge in [-0.05, 0) is 100 Å². The molecule has 0 saturated heterocycles. The molecular formula is C34H38N2O2. The summed E-state index contributed by atoms with van der Waals surface area (Å²) in [6, 6.07) is 24.4. The molecule has 5 rings (SSSR count). The van der Waals surface area contributed by atoms with Crippen molar-refractivity contribution in [1.29, 1.82) is 0 Å². The number of benzene rings is 4. The van der Waals surface area contributed by atoms with Crippen molar-refractivity contribution in [2.45, 2.75) is 65.2 Å². The maximum Gasteiger partial charge on any atom is 0.134 e. The van der Waals surface area contributed by atoms with Crippen molar-refractivity contribution < 1.29 is 9.47 Å². The predicted molar refractivity (Wildman–Crippen MR) is 158 cm³/mol. The van der Waals surface area contributed by atoms with Crippen molar-refractivity contribution in [3.05, 3.63) is 106 Å². The fourth-order valence-electron chi connectivity index (χ4n) is 6.04. The van der Waals surface area contributed by atoms with Crippen LogP contribution in [-0.4, -0.2) is 0 Å². The lowest BCUT2D eigenvalue weighted by Crippen LogP contribution is -2.32. The van der Waals surface area contributed by atoms with Crippen molar-refractivity contribution in [3.8, 4) is 23.0 Å². The van der Waals surface area contributed by atoms with Gasteiger partial charge in [0.05, 0.1) is 0 Å². The fraction of sp³-hybridized carbons (Fsp3) is 0.294. The van der Waals surface area contributed by atoms with E-state index in [9.17, 15) is 0 Å². The summed E-state index contributed by atoms with van der Waals surface area (Å²) in [5.74, 6) is 3.44. The van der Waals surface area contributed by atoms with Gasteiger partial charge in [0.15, 0.2) is 0 Å². The van der Waals surface area contributed by atoms with Crippen molar-refractivity contribution in [3.63, 3.8) is 0 Å². The average molecular weight is 507 g/mol. The van der Waals surface area contributed by atoms with Gasteiger partial charge >= 0.3 is 0 Å². The van der Waals surface area contributed by atoms with Crippen LogP contribution in [0.3, 0.4) is 0 Å². The number of anilines is 2. The Bertz CT molecular complexity index is 1330. The largest absolute Gasteiger partial charge is 0.457 e. The van der Waals surface area contributed by atoms with Gasteiger partial charge in [-0.1, -0.05) is 54.7 Å². The van der Waals surface area contributed by atoms with Crippen LogP contribution in [0.2, 0.25) is 0 Å². The third-order valence-electron chi connectivity index (χ3n) is 7.78. The second kappa shape index (κ2) is 10.4. The number of hydrogen-bond donors (Lipinski definition) is 2. The van der Waals surface area contributed by atoms with Crippen LogP contribution in [0.1, 0.15) is 65.5 Å². The minimum absolute atomic E-state index is 0.238. The van der Waals surface area contributed by atoms with Crippen molar-refractivity contribution >= 4 is 11.4 Å². The Kier molecular flexibility index (Phi) is 7.07. The Balaban J connectivity index is 1.72. The number of nitrogen functional groups attached to an aromatic ring is 2. The molecule has 1 saturated carbocycles. The van der Waals surface area contributed by atoms with Crippen LogP contribution in [0.25, 0.3) is 0 Å². The molecule has 0 bridgehead atoms. The molecule has 4 aromatic carbocycles. The quantitative estimate of drug-likeness (QED) is 0.256. The molecular weight excluding hydrogens is 468 g/mol. The summed E-state index contributed by atoms with van der Waals surface area (Å²) in [5, 5.41) is 0. The Morgan fingerprint density at radius 2 is 0.947 bits per heavy atom. The first-order valence-electron chi connectivity index (χ1n) is 13.6. The molecule has 4 N–H and O–H groups in total. The number of rotatable bonds is 6. The molecule has 0 aromatic heterocycles. The number of ether oxygens (including phenoxy) is 2. The summed E-state index contributed by atoms with van der Waals surface area (Å²) >= 11 is 0. The van der Waals surface area contributed by atoms with E-state index in [1.165, 1.54) is 28.7 Å². The lowest BCUT2D eigenvalue weighted by molar-refractivity contribution is 0.323. The zero-order valence-electron chi connectivity index (χ0n) is 22.9. The third kappa shape index (κ3) is 5.08. The summed E-state index contributed by atoms with van der Waals surface area (Å²) in [6.45, 7) is 8.64. The van der Waals surface area contributed by atoms with Crippen LogP contribution in [0, 0.1) is 27.7 Å². The molecule has 0 atom stereocenters. The van der Waals surface area contributed by atoms with E-state index in [1.807, 2.05) is 48.5 Å². The predicted octanol–water partition coefficient (Wildman–Crippen LogP) is 8.92. The lowest BCUT2D eigenvalue weighted by atomic mass is 9.64. The van der Waals surface area contributed by atoms with Crippen LogP contribution >= 0.6 is 0 Å². The van der Waals surface area contributed by atoms with Crippen LogP contribution in [-0.2, 0) is 5.41 Å². The Morgan fingerprint density at radius 1 is 0.553 bits per heavy atom. The zero-order valence-corrected chi connectivity index (χ0v) is 22.9. The van der Waals surface area contributed by atoms with Gasteiger partial charge in [0.1, 0.15) is 23.0 Å².